The van der Waals surface area contributed by atoms with Crippen molar-refractivity contribution in [2.45, 2.75) is 56.5 Å². The van der Waals surface area contributed by atoms with Gasteiger partial charge >= 0.3 is 0 Å². The van der Waals surface area contributed by atoms with E-state index in [1.807, 2.05) is 39.2 Å². The van der Waals surface area contributed by atoms with Gasteiger partial charge in [0.25, 0.3) is 0 Å². The average molecular weight is 468 g/mol. The van der Waals surface area contributed by atoms with E-state index < -0.39 is 11.0 Å². The largest absolute Gasteiger partial charge is 0.369 e. The van der Waals surface area contributed by atoms with Crippen LogP contribution in [0.15, 0.2) is 61.2 Å². The van der Waals surface area contributed by atoms with Crippen molar-refractivity contribution in [3.8, 4) is 0 Å². The summed E-state index contributed by atoms with van der Waals surface area (Å²) in [6.45, 7) is 4.20. The lowest BCUT2D eigenvalue weighted by molar-refractivity contribution is 0.302. The molecule has 2 aliphatic heterocycles. The Morgan fingerprint density at radius 2 is 1.73 bits per heavy atom. The molecule has 1 aromatic heterocycles. The van der Waals surface area contributed by atoms with Crippen LogP contribution >= 0.6 is 0 Å². The summed E-state index contributed by atoms with van der Waals surface area (Å²) in [5, 5.41) is 7.78. The number of hydrogen-bond donors (Lipinski definition) is 0. The summed E-state index contributed by atoms with van der Waals surface area (Å²) in [5.74, 6) is -0.203. The zero-order chi connectivity index (χ0) is 22.8. The lowest BCUT2D eigenvalue weighted by Crippen LogP contribution is -2.41. The zero-order valence-electron chi connectivity index (χ0n) is 18.9. The first kappa shape index (κ1) is 22.2. The minimum Gasteiger partial charge on any atom is -0.369 e. The lowest BCUT2D eigenvalue weighted by atomic mass is 10.0. The van der Waals surface area contributed by atoms with Crippen LogP contribution in [0.2, 0.25) is 0 Å². The highest BCUT2D eigenvalue weighted by Crippen LogP contribution is 2.36. The molecule has 0 aliphatic carbocycles. The predicted octanol–water partition coefficient (Wildman–Crippen LogP) is 4.65. The fourth-order valence-corrected chi connectivity index (χ4v) is 6.83. The molecule has 0 saturated carbocycles. The van der Waals surface area contributed by atoms with E-state index in [0.29, 0.717) is 18.3 Å². The molecule has 3 atom stereocenters. The molecule has 3 heterocycles. The molecule has 0 radical (unpaired) electrons. The second-order valence-corrected chi connectivity index (χ2v) is 10.7. The number of halogens is 1. The SMILES string of the molecule is C[C@H]1CC[C@@H](c2ccccc2)S(=O)N1Cc1ccc(N2CCC(n3cnnc3)CC2)c(F)c1. The van der Waals surface area contributed by atoms with Gasteiger partial charge in [0.05, 0.1) is 10.9 Å². The van der Waals surface area contributed by atoms with Crippen LogP contribution in [0.25, 0.3) is 0 Å². The molecule has 0 N–H and O–H groups in total. The molecule has 3 aromatic rings. The van der Waals surface area contributed by atoms with Crippen molar-refractivity contribution in [3.63, 3.8) is 0 Å². The molecule has 174 valence electrons. The molecular formula is C25H30FN5OS. The number of rotatable bonds is 5. The number of anilines is 1. The van der Waals surface area contributed by atoms with Crippen LogP contribution in [0, 0.1) is 5.82 Å². The molecule has 0 amide bonds. The summed E-state index contributed by atoms with van der Waals surface area (Å²) in [6, 6.07) is 16.1. The summed E-state index contributed by atoms with van der Waals surface area (Å²) in [6.07, 6.45) is 7.27. The second kappa shape index (κ2) is 9.73. The summed E-state index contributed by atoms with van der Waals surface area (Å²) in [5.41, 5.74) is 2.63. The van der Waals surface area contributed by atoms with Gasteiger partial charge in [0.2, 0.25) is 0 Å². The van der Waals surface area contributed by atoms with Crippen molar-refractivity contribution in [1.82, 2.24) is 19.1 Å². The normalized spacial score (nSPS) is 24.8. The fourth-order valence-electron chi connectivity index (χ4n) is 5.04. The topological polar surface area (TPSA) is 54.3 Å². The maximum absolute atomic E-state index is 15.1. The third-order valence-electron chi connectivity index (χ3n) is 7.00. The Balaban J connectivity index is 1.26. The second-order valence-electron chi connectivity index (χ2n) is 9.09. The first-order valence-electron chi connectivity index (χ1n) is 11.7. The van der Waals surface area contributed by atoms with Crippen molar-refractivity contribution in [1.29, 1.82) is 0 Å². The lowest BCUT2D eigenvalue weighted by Gasteiger charge is -2.37. The standard InChI is InChI=1S/C25H30FN5OS/c1-19-7-10-25(21-5-3-2-4-6-21)33(32)31(19)16-20-8-9-24(23(26)15-20)29-13-11-22(12-14-29)30-17-27-28-18-30/h2-6,8-9,15,17-19,22,25H,7,10-14,16H2,1H3/t19-,25-,33?/m0/s1. The Hall–Kier alpha value is -2.58. The number of hydrogen-bond acceptors (Lipinski definition) is 4. The molecule has 6 nitrogen and oxygen atoms in total. The van der Waals surface area contributed by atoms with Crippen LogP contribution < -0.4 is 4.90 Å². The molecule has 8 heteroatoms. The summed E-state index contributed by atoms with van der Waals surface area (Å²) in [4.78, 5) is 2.12. The van der Waals surface area contributed by atoms with Gasteiger partial charge in [-0.2, -0.15) is 0 Å². The van der Waals surface area contributed by atoms with E-state index in [9.17, 15) is 4.21 Å². The van der Waals surface area contributed by atoms with Gasteiger partial charge < -0.3 is 9.47 Å². The molecular weight excluding hydrogens is 437 g/mol. The highest BCUT2D eigenvalue weighted by atomic mass is 32.2. The van der Waals surface area contributed by atoms with E-state index >= 15 is 4.39 Å². The van der Waals surface area contributed by atoms with Gasteiger partial charge in [-0.15, -0.1) is 10.2 Å². The van der Waals surface area contributed by atoms with Crippen LogP contribution in [0.4, 0.5) is 10.1 Å². The van der Waals surface area contributed by atoms with Crippen LogP contribution in [0.5, 0.6) is 0 Å². The molecule has 5 rings (SSSR count). The van der Waals surface area contributed by atoms with E-state index in [4.69, 9.17) is 0 Å². The molecule has 2 aromatic carbocycles. The molecule has 0 spiro atoms. The van der Waals surface area contributed by atoms with Gasteiger partial charge in [-0.1, -0.05) is 36.4 Å². The third kappa shape index (κ3) is 4.73. The predicted molar refractivity (Wildman–Crippen MR) is 128 cm³/mol. The van der Waals surface area contributed by atoms with Gasteiger partial charge in [0.15, 0.2) is 0 Å². The van der Waals surface area contributed by atoms with Crippen molar-refractivity contribution in [3.05, 3.63) is 78.1 Å². The molecule has 0 bridgehead atoms. The Labute approximate surface area is 197 Å². The van der Waals surface area contributed by atoms with Gasteiger partial charge in [0, 0.05) is 31.7 Å². The molecule has 2 aliphatic rings. The van der Waals surface area contributed by atoms with E-state index in [1.165, 1.54) is 0 Å². The Morgan fingerprint density at radius 3 is 2.42 bits per heavy atom. The first-order valence-corrected chi connectivity index (χ1v) is 12.9. The maximum atomic E-state index is 15.1. The summed E-state index contributed by atoms with van der Waals surface area (Å²) in [7, 11) is -1.14. The molecule has 2 saturated heterocycles. The smallest absolute Gasteiger partial charge is 0.146 e. The fraction of sp³-hybridized carbons (Fsp3) is 0.440. The number of nitrogens with zero attached hydrogens (tertiary/aromatic N) is 5. The quantitative estimate of drug-likeness (QED) is 0.548. The first-order chi connectivity index (χ1) is 16.1. The average Bonchev–Trinajstić information content (AvgIpc) is 3.38. The van der Waals surface area contributed by atoms with Crippen LogP contribution in [-0.2, 0) is 17.5 Å². The van der Waals surface area contributed by atoms with Gasteiger partial charge in [-0.3, -0.25) is 0 Å². The zero-order valence-corrected chi connectivity index (χ0v) is 19.7. The molecule has 33 heavy (non-hydrogen) atoms. The molecule has 1 unspecified atom stereocenters. The third-order valence-corrected chi connectivity index (χ3v) is 8.94. The van der Waals surface area contributed by atoms with Crippen molar-refractivity contribution < 1.29 is 8.60 Å². The van der Waals surface area contributed by atoms with Crippen LogP contribution in [-0.4, -0.2) is 42.4 Å². The number of benzene rings is 2. The van der Waals surface area contributed by atoms with Gasteiger partial charge in [0.1, 0.15) is 29.5 Å². The van der Waals surface area contributed by atoms with E-state index in [2.05, 4.69) is 34.2 Å². The monoisotopic (exact) mass is 467 g/mol. The van der Waals surface area contributed by atoms with Crippen molar-refractivity contribution >= 4 is 16.7 Å². The van der Waals surface area contributed by atoms with Crippen molar-refractivity contribution in [2.75, 3.05) is 18.0 Å². The van der Waals surface area contributed by atoms with Gasteiger partial charge in [-0.25, -0.2) is 12.9 Å². The van der Waals surface area contributed by atoms with E-state index in [0.717, 1.165) is 49.9 Å². The highest BCUT2D eigenvalue weighted by molar-refractivity contribution is 7.83. The Bertz CT molecular complexity index is 1090. The minimum absolute atomic E-state index is 0.00138. The van der Waals surface area contributed by atoms with E-state index in [1.54, 1.807) is 18.7 Å². The highest BCUT2D eigenvalue weighted by Gasteiger charge is 2.33. The van der Waals surface area contributed by atoms with Gasteiger partial charge in [-0.05, 0) is 55.9 Å². The molecule has 2 fully saturated rings. The Morgan fingerprint density at radius 1 is 1.00 bits per heavy atom. The number of piperidine rings is 1. The van der Waals surface area contributed by atoms with Crippen LogP contribution in [0.3, 0.4) is 0 Å². The Kier molecular flexibility index (Phi) is 6.55. The summed E-state index contributed by atoms with van der Waals surface area (Å²) < 4.78 is 32.6. The van der Waals surface area contributed by atoms with Crippen molar-refractivity contribution in [2.24, 2.45) is 0 Å². The summed E-state index contributed by atoms with van der Waals surface area (Å²) >= 11 is 0. The van der Waals surface area contributed by atoms with E-state index in [-0.39, 0.29) is 17.1 Å². The number of aromatic nitrogens is 3. The maximum Gasteiger partial charge on any atom is 0.146 e. The minimum atomic E-state index is -1.14. The van der Waals surface area contributed by atoms with Crippen LogP contribution in [0.1, 0.15) is 55.0 Å².